The summed E-state index contributed by atoms with van der Waals surface area (Å²) in [5, 5.41) is 3.30. The van der Waals surface area contributed by atoms with E-state index in [4.69, 9.17) is 5.73 Å². The van der Waals surface area contributed by atoms with Crippen molar-refractivity contribution in [3.8, 4) is 0 Å². The second-order valence-corrected chi connectivity index (χ2v) is 3.82. The minimum Gasteiger partial charge on any atom is -0.399 e. The van der Waals surface area contributed by atoms with Crippen LogP contribution < -0.4 is 11.1 Å². The summed E-state index contributed by atoms with van der Waals surface area (Å²) >= 11 is 0. The molecule has 2 heteroatoms. The van der Waals surface area contributed by atoms with Crippen LogP contribution in [0.25, 0.3) is 6.08 Å². The zero-order chi connectivity index (χ0) is 11.9. The molecule has 0 saturated heterocycles. The third kappa shape index (κ3) is 3.68. The van der Waals surface area contributed by atoms with Gasteiger partial charge < -0.3 is 11.1 Å². The summed E-state index contributed by atoms with van der Waals surface area (Å²) in [4.78, 5) is 0. The number of hydrogen-bond donors (Lipinski definition) is 2. The van der Waals surface area contributed by atoms with E-state index in [-0.39, 0.29) is 0 Å². The van der Waals surface area contributed by atoms with E-state index in [2.05, 4.69) is 29.6 Å². The van der Waals surface area contributed by atoms with Crippen LogP contribution in [0, 0.1) is 0 Å². The Kier molecular flexibility index (Phi) is 3.81. The molecule has 0 aliphatic heterocycles. The zero-order valence-corrected chi connectivity index (χ0v) is 9.64. The number of benzene rings is 2. The van der Waals surface area contributed by atoms with Crippen LogP contribution in [0.2, 0.25) is 0 Å². The van der Waals surface area contributed by atoms with Gasteiger partial charge in [-0.25, -0.2) is 0 Å². The minimum atomic E-state index is 0.787. The summed E-state index contributed by atoms with van der Waals surface area (Å²) in [6, 6.07) is 18.0. The van der Waals surface area contributed by atoms with E-state index in [1.54, 1.807) is 0 Å². The predicted molar refractivity (Wildman–Crippen MR) is 74.8 cm³/mol. The molecule has 17 heavy (non-hydrogen) atoms. The van der Waals surface area contributed by atoms with E-state index in [1.807, 2.05) is 42.5 Å². The van der Waals surface area contributed by atoms with Gasteiger partial charge >= 0.3 is 0 Å². The summed E-state index contributed by atoms with van der Waals surface area (Å²) < 4.78 is 0. The van der Waals surface area contributed by atoms with Crippen molar-refractivity contribution in [2.24, 2.45) is 0 Å². The summed E-state index contributed by atoms with van der Waals surface area (Å²) in [6.07, 6.45) is 4.20. The Hall–Kier alpha value is -2.22. The fraction of sp³-hybridized carbons (Fsp3) is 0.0667. The maximum atomic E-state index is 5.62. The quantitative estimate of drug-likeness (QED) is 0.781. The first-order valence-electron chi connectivity index (χ1n) is 5.65. The van der Waals surface area contributed by atoms with Crippen molar-refractivity contribution in [3.05, 3.63) is 66.2 Å². The highest BCUT2D eigenvalue weighted by molar-refractivity contribution is 5.53. The van der Waals surface area contributed by atoms with Gasteiger partial charge in [-0.05, 0) is 29.8 Å². The monoisotopic (exact) mass is 224 g/mol. The summed E-state index contributed by atoms with van der Waals surface area (Å²) in [5.74, 6) is 0. The van der Waals surface area contributed by atoms with E-state index in [1.165, 1.54) is 5.56 Å². The van der Waals surface area contributed by atoms with Crippen molar-refractivity contribution in [2.75, 3.05) is 17.6 Å². The van der Waals surface area contributed by atoms with Gasteiger partial charge in [-0.2, -0.15) is 0 Å². The summed E-state index contributed by atoms with van der Waals surface area (Å²) in [6.45, 7) is 0.804. The maximum Gasteiger partial charge on any atom is 0.0344 e. The third-order valence-corrected chi connectivity index (χ3v) is 2.44. The van der Waals surface area contributed by atoms with Crippen molar-refractivity contribution < 1.29 is 0 Å². The molecule has 0 bridgehead atoms. The molecule has 0 saturated carbocycles. The Bertz CT molecular complexity index is 472. The molecule has 0 unspecified atom stereocenters. The van der Waals surface area contributed by atoms with Crippen molar-refractivity contribution in [1.29, 1.82) is 0 Å². The fourth-order valence-electron chi connectivity index (χ4n) is 1.54. The van der Waals surface area contributed by atoms with Crippen LogP contribution in [-0.2, 0) is 0 Å². The molecule has 0 heterocycles. The van der Waals surface area contributed by atoms with Gasteiger partial charge in [-0.15, -0.1) is 0 Å². The molecule has 0 fully saturated rings. The van der Waals surface area contributed by atoms with Crippen molar-refractivity contribution >= 4 is 17.5 Å². The molecule has 2 aromatic rings. The van der Waals surface area contributed by atoms with E-state index in [0.29, 0.717) is 0 Å². The topological polar surface area (TPSA) is 38.0 Å². The second-order valence-electron chi connectivity index (χ2n) is 3.82. The van der Waals surface area contributed by atoms with E-state index in [9.17, 15) is 0 Å². The lowest BCUT2D eigenvalue weighted by Crippen LogP contribution is -1.97. The minimum absolute atomic E-state index is 0.787. The average Bonchev–Trinajstić information content (AvgIpc) is 2.38. The molecule has 0 spiro atoms. The zero-order valence-electron chi connectivity index (χ0n) is 9.64. The number of rotatable bonds is 4. The Morgan fingerprint density at radius 3 is 2.35 bits per heavy atom. The van der Waals surface area contributed by atoms with Crippen LogP contribution in [0.3, 0.4) is 0 Å². The molecule has 0 radical (unpaired) electrons. The number of hydrogen-bond acceptors (Lipinski definition) is 2. The first-order valence-corrected chi connectivity index (χ1v) is 5.65. The molecule has 0 aromatic heterocycles. The van der Waals surface area contributed by atoms with Gasteiger partial charge in [0.15, 0.2) is 0 Å². The van der Waals surface area contributed by atoms with Crippen molar-refractivity contribution in [3.63, 3.8) is 0 Å². The Balaban J connectivity index is 1.84. The van der Waals surface area contributed by atoms with Crippen LogP contribution in [0.4, 0.5) is 11.4 Å². The number of anilines is 2. The molecule has 0 aliphatic carbocycles. The van der Waals surface area contributed by atoms with Gasteiger partial charge in [0.25, 0.3) is 0 Å². The third-order valence-electron chi connectivity index (χ3n) is 2.44. The average molecular weight is 224 g/mol. The lowest BCUT2D eigenvalue weighted by molar-refractivity contribution is 1.34. The first kappa shape index (κ1) is 11.3. The standard InChI is InChI=1S/C15H16N2/c16-14-8-10-15(11-9-14)17-12-4-7-13-5-2-1-3-6-13/h1-11,17H,12,16H2/b7-4+. The van der Waals surface area contributed by atoms with Gasteiger partial charge in [-0.3, -0.25) is 0 Å². The number of nitrogens with two attached hydrogens (primary N) is 1. The molecule has 86 valence electrons. The highest BCUT2D eigenvalue weighted by Crippen LogP contribution is 2.10. The first-order chi connectivity index (χ1) is 8.34. The Morgan fingerprint density at radius 2 is 1.65 bits per heavy atom. The maximum absolute atomic E-state index is 5.62. The van der Waals surface area contributed by atoms with Crippen LogP contribution in [0.15, 0.2) is 60.7 Å². The van der Waals surface area contributed by atoms with Gasteiger partial charge in [0.1, 0.15) is 0 Å². The van der Waals surface area contributed by atoms with Gasteiger partial charge in [0.05, 0.1) is 0 Å². The van der Waals surface area contributed by atoms with Gasteiger partial charge in [0.2, 0.25) is 0 Å². The smallest absolute Gasteiger partial charge is 0.0344 e. The molecule has 0 aliphatic rings. The van der Waals surface area contributed by atoms with Crippen LogP contribution in [0.5, 0.6) is 0 Å². The lowest BCUT2D eigenvalue weighted by atomic mass is 10.2. The molecule has 0 atom stereocenters. The highest BCUT2D eigenvalue weighted by Gasteiger charge is 1.88. The fourth-order valence-corrected chi connectivity index (χ4v) is 1.54. The molecular weight excluding hydrogens is 208 g/mol. The number of nitrogens with one attached hydrogen (secondary N) is 1. The largest absolute Gasteiger partial charge is 0.399 e. The molecule has 0 amide bonds. The van der Waals surface area contributed by atoms with Gasteiger partial charge in [0, 0.05) is 17.9 Å². The number of nitrogen functional groups attached to an aromatic ring is 1. The van der Waals surface area contributed by atoms with E-state index < -0.39 is 0 Å². The molecule has 2 rings (SSSR count). The normalized spacial score (nSPS) is 10.6. The molecular formula is C15H16N2. The van der Waals surface area contributed by atoms with Crippen LogP contribution in [0.1, 0.15) is 5.56 Å². The van der Waals surface area contributed by atoms with Crippen LogP contribution in [-0.4, -0.2) is 6.54 Å². The summed E-state index contributed by atoms with van der Waals surface area (Å²) in [7, 11) is 0. The predicted octanol–water partition coefficient (Wildman–Crippen LogP) is 3.39. The Morgan fingerprint density at radius 1 is 0.941 bits per heavy atom. The van der Waals surface area contributed by atoms with Crippen LogP contribution >= 0.6 is 0 Å². The summed E-state index contributed by atoms with van der Waals surface area (Å²) in [5.41, 5.74) is 8.70. The van der Waals surface area contributed by atoms with Gasteiger partial charge in [-0.1, -0.05) is 42.5 Å². The highest BCUT2D eigenvalue weighted by atomic mass is 14.9. The lowest BCUT2D eigenvalue weighted by Gasteiger charge is -2.03. The molecule has 2 aromatic carbocycles. The molecule has 3 N–H and O–H groups in total. The molecule has 2 nitrogen and oxygen atoms in total. The SMILES string of the molecule is Nc1ccc(NC/C=C/c2ccccc2)cc1. The van der Waals surface area contributed by atoms with Crippen molar-refractivity contribution in [1.82, 2.24) is 0 Å². The van der Waals surface area contributed by atoms with Crippen molar-refractivity contribution in [2.45, 2.75) is 0 Å². The van der Waals surface area contributed by atoms with E-state index >= 15 is 0 Å². The second kappa shape index (κ2) is 5.75. The Labute approximate surface area is 102 Å². The van der Waals surface area contributed by atoms with E-state index in [0.717, 1.165) is 17.9 Å².